The molecule has 0 radical (unpaired) electrons. The summed E-state index contributed by atoms with van der Waals surface area (Å²) in [6.45, 7) is 4.95. The van der Waals surface area contributed by atoms with Gasteiger partial charge in [-0.15, -0.1) is 0 Å². The van der Waals surface area contributed by atoms with Gasteiger partial charge in [0.2, 0.25) is 5.91 Å². The van der Waals surface area contributed by atoms with Crippen molar-refractivity contribution in [2.45, 2.75) is 39.2 Å². The third-order valence-corrected chi connectivity index (χ3v) is 3.42. The summed E-state index contributed by atoms with van der Waals surface area (Å²) >= 11 is 0. The zero-order valence-electron chi connectivity index (χ0n) is 10.3. The third-order valence-electron chi connectivity index (χ3n) is 3.42. The highest BCUT2D eigenvalue weighted by Gasteiger charge is 2.37. The van der Waals surface area contributed by atoms with Crippen molar-refractivity contribution in [2.75, 3.05) is 20.2 Å². The molecule has 2 atom stereocenters. The summed E-state index contributed by atoms with van der Waals surface area (Å²) in [6, 6.07) is 2.13. The van der Waals surface area contributed by atoms with Crippen LogP contribution < -0.4 is 0 Å². The number of nitriles is 1. The van der Waals surface area contributed by atoms with Gasteiger partial charge in [-0.2, -0.15) is 5.26 Å². The molecule has 0 aromatic carbocycles. The molecule has 0 aromatic heterocycles. The van der Waals surface area contributed by atoms with Crippen LogP contribution >= 0.6 is 0 Å². The maximum atomic E-state index is 12.2. The highest BCUT2D eigenvalue weighted by Crippen LogP contribution is 2.25. The fourth-order valence-electron chi connectivity index (χ4n) is 1.94. The average molecular weight is 224 g/mol. The zero-order chi connectivity index (χ0) is 12.2. The van der Waals surface area contributed by atoms with Crippen molar-refractivity contribution in [2.24, 2.45) is 5.41 Å². The van der Waals surface area contributed by atoms with Crippen molar-refractivity contribution >= 4 is 5.91 Å². The maximum absolute atomic E-state index is 12.2. The number of amides is 1. The van der Waals surface area contributed by atoms with E-state index in [-0.39, 0.29) is 12.0 Å². The molecule has 0 saturated carbocycles. The van der Waals surface area contributed by atoms with Gasteiger partial charge in [0.1, 0.15) is 5.41 Å². The van der Waals surface area contributed by atoms with Gasteiger partial charge in [-0.05, 0) is 26.2 Å². The first-order valence-corrected chi connectivity index (χ1v) is 5.80. The predicted octanol–water partition coefficient (Wildman–Crippen LogP) is 1.56. The molecule has 16 heavy (non-hydrogen) atoms. The second kappa shape index (κ2) is 5.31. The largest absolute Gasteiger partial charge is 0.380 e. The summed E-state index contributed by atoms with van der Waals surface area (Å²) in [6.07, 6.45) is 2.62. The summed E-state index contributed by atoms with van der Waals surface area (Å²) in [4.78, 5) is 14.0. The van der Waals surface area contributed by atoms with E-state index in [4.69, 9.17) is 10.00 Å². The molecule has 4 heteroatoms. The highest BCUT2D eigenvalue weighted by molar-refractivity contribution is 5.85. The van der Waals surface area contributed by atoms with Gasteiger partial charge in [0, 0.05) is 20.2 Å². The molecule has 0 aliphatic carbocycles. The van der Waals surface area contributed by atoms with Crippen LogP contribution in [0.3, 0.4) is 0 Å². The number of methoxy groups -OCH3 is 1. The van der Waals surface area contributed by atoms with Crippen LogP contribution in [0.5, 0.6) is 0 Å². The zero-order valence-corrected chi connectivity index (χ0v) is 10.3. The number of rotatable bonds is 3. The molecule has 1 fully saturated rings. The summed E-state index contributed by atoms with van der Waals surface area (Å²) in [5.41, 5.74) is -0.879. The molecule has 90 valence electrons. The van der Waals surface area contributed by atoms with E-state index in [1.807, 2.05) is 6.92 Å². The summed E-state index contributed by atoms with van der Waals surface area (Å²) in [7, 11) is 1.67. The van der Waals surface area contributed by atoms with Crippen molar-refractivity contribution in [1.82, 2.24) is 4.90 Å². The molecular formula is C12H20N2O2. The molecule has 4 nitrogen and oxygen atoms in total. The lowest BCUT2D eigenvalue weighted by molar-refractivity contribution is -0.142. The predicted molar refractivity (Wildman–Crippen MR) is 60.6 cm³/mol. The number of likely N-dealkylation sites (tertiary alicyclic amines) is 1. The standard InChI is InChI=1S/C12H20N2O2/c1-4-12(2,9-13)11(15)14-7-5-6-10(8-14)16-3/h10H,4-8H2,1-3H3. The summed E-state index contributed by atoms with van der Waals surface area (Å²) in [5, 5.41) is 9.08. The molecule has 1 heterocycles. The van der Waals surface area contributed by atoms with Crippen LogP contribution in [0.2, 0.25) is 0 Å². The van der Waals surface area contributed by atoms with Gasteiger partial charge >= 0.3 is 0 Å². The first-order valence-electron chi connectivity index (χ1n) is 5.80. The molecule has 0 bridgehead atoms. The lowest BCUT2D eigenvalue weighted by Gasteiger charge is -2.35. The van der Waals surface area contributed by atoms with E-state index in [1.165, 1.54) is 0 Å². The van der Waals surface area contributed by atoms with Crippen LogP contribution in [0.4, 0.5) is 0 Å². The SMILES string of the molecule is CCC(C)(C#N)C(=O)N1CCCC(OC)C1. The second-order valence-corrected chi connectivity index (χ2v) is 4.55. The molecule has 1 aliphatic rings. The van der Waals surface area contributed by atoms with Crippen molar-refractivity contribution in [1.29, 1.82) is 5.26 Å². The minimum Gasteiger partial charge on any atom is -0.380 e. The summed E-state index contributed by atoms with van der Waals surface area (Å²) in [5.74, 6) is -0.0562. The smallest absolute Gasteiger partial charge is 0.242 e. The number of carbonyl (C=O) groups is 1. The van der Waals surface area contributed by atoms with Gasteiger partial charge in [-0.25, -0.2) is 0 Å². The second-order valence-electron chi connectivity index (χ2n) is 4.55. The van der Waals surface area contributed by atoms with E-state index >= 15 is 0 Å². The molecular weight excluding hydrogens is 204 g/mol. The van der Waals surface area contributed by atoms with E-state index in [9.17, 15) is 4.79 Å². The maximum Gasteiger partial charge on any atom is 0.242 e. The van der Waals surface area contributed by atoms with Crippen molar-refractivity contribution in [3.05, 3.63) is 0 Å². The van der Waals surface area contributed by atoms with Crippen LogP contribution in [-0.2, 0) is 9.53 Å². The van der Waals surface area contributed by atoms with Gasteiger partial charge in [-0.3, -0.25) is 4.79 Å². The van der Waals surface area contributed by atoms with Crippen molar-refractivity contribution in [3.63, 3.8) is 0 Å². The molecule has 1 aliphatic heterocycles. The first kappa shape index (κ1) is 13.0. The highest BCUT2D eigenvalue weighted by atomic mass is 16.5. The molecule has 1 saturated heterocycles. The topological polar surface area (TPSA) is 53.3 Å². The molecule has 0 aromatic rings. The Hall–Kier alpha value is -1.08. The molecule has 1 amide bonds. The van der Waals surface area contributed by atoms with Crippen LogP contribution in [-0.4, -0.2) is 37.1 Å². The van der Waals surface area contributed by atoms with Crippen LogP contribution in [0.15, 0.2) is 0 Å². The normalized spacial score (nSPS) is 24.6. The Morgan fingerprint density at radius 3 is 2.88 bits per heavy atom. The van der Waals surface area contributed by atoms with E-state index in [1.54, 1.807) is 18.9 Å². The molecule has 0 spiro atoms. The lowest BCUT2D eigenvalue weighted by Crippen LogP contribution is -2.48. The van der Waals surface area contributed by atoms with Crippen molar-refractivity contribution < 1.29 is 9.53 Å². The molecule has 1 rings (SSSR count). The Morgan fingerprint density at radius 1 is 1.69 bits per heavy atom. The average Bonchev–Trinajstić information content (AvgIpc) is 2.37. The Labute approximate surface area is 97.2 Å². The van der Waals surface area contributed by atoms with Crippen LogP contribution in [0.1, 0.15) is 33.1 Å². The Morgan fingerprint density at radius 2 is 2.38 bits per heavy atom. The number of hydrogen-bond donors (Lipinski definition) is 0. The molecule has 2 unspecified atom stereocenters. The number of hydrogen-bond acceptors (Lipinski definition) is 3. The van der Waals surface area contributed by atoms with Gasteiger partial charge in [0.05, 0.1) is 12.2 Å². The van der Waals surface area contributed by atoms with Crippen LogP contribution in [0.25, 0.3) is 0 Å². The number of nitrogens with zero attached hydrogens (tertiary/aromatic N) is 2. The monoisotopic (exact) mass is 224 g/mol. The van der Waals surface area contributed by atoms with Crippen LogP contribution in [0, 0.1) is 16.7 Å². The molecule has 0 N–H and O–H groups in total. The number of piperidine rings is 1. The Balaban J connectivity index is 2.70. The van der Waals surface area contributed by atoms with Gasteiger partial charge in [0.25, 0.3) is 0 Å². The fourth-order valence-corrected chi connectivity index (χ4v) is 1.94. The minimum atomic E-state index is -0.879. The number of carbonyl (C=O) groups excluding carboxylic acids is 1. The minimum absolute atomic E-state index is 0.0562. The van der Waals surface area contributed by atoms with E-state index in [2.05, 4.69) is 6.07 Å². The van der Waals surface area contributed by atoms with E-state index < -0.39 is 5.41 Å². The van der Waals surface area contributed by atoms with E-state index in [0.717, 1.165) is 19.4 Å². The van der Waals surface area contributed by atoms with Gasteiger partial charge < -0.3 is 9.64 Å². The van der Waals surface area contributed by atoms with E-state index in [0.29, 0.717) is 13.0 Å². The first-order chi connectivity index (χ1) is 7.57. The number of ether oxygens (including phenoxy) is 1. The fraction of sp³-hybridized carbons (Fsp3) is 0.833. The Kier molecular flexibility index (Phi) is 4.31. The quantitative estimate of drug-likeness (QED) is 0.731. The summed E-state index contributed by atoms with van der Waals surface area (Å²) < 4.78 is 5.27. The third kappa shape index (κ3) is 2.53. The lowest BCUT2D eigenvalue weighted by atomic mass is 9.87. The van der Waals surface area contributed by atoms with Gasteiger partial charge in [-0.1, -0.05) is 6.92 Å². The Bertz CT molecular complexity index is 298. The van der Waals surface area contributed by atoms with Gasteiger partial charge in [0.15, 0.2) is 0 Å². The van der Waals surface area contributed by atoms with Crippen molar-refractivity contribution in [3.8, 4) is 6.07 Å².